The monoisotopic (exact) mass is 385 g/mol. The molecule has 0 spiro atoms. The number of H-pyrrole nitrogens is 1. The second kappa shape index (κ2) is 6.06. The molecule has 0 saturated carbocycles. The van der Waals surface area contributed by atoms with Gasteiger partial charge in [0.05, 0.1) is 43.1 Å². The molecule has 5 heterocycles. The summed E-state index contributed by atoms with van der Waals surface area (Å²) in [6.45, 7) is 5.88. The molecule has 148 valence electrons. The van der Waals surface area contributed by atoms with E-state index < -0.39 is 5.41 Å². The normalized spacial score (nSPS) is 26.4. The van der Waals surface area contributed by atoms with Crippen molar-refractivity contribution in [2.45, 2.75) is 20.0 Å². The molecule has 5 rings (SSSR count). The Morgan fingerprint density at radius 1 is 1.39 bits per heavy atom. The van der Waals surface area contributed by atoms with E-state index in [4.69, 9.17) is 10.5 Å². The number of carbonyl (C=O) groups excluding carboxylic acids is 1. The molecule has 2 saturated heterocycles. The highest BCUT2D eigenvalue weighted by molar-refractivity contribution is 5.85. The van der Waals surface area contributed by atoms with Crippen molar-refractivity contribution in [3.8, 4) is 0 Å². The molecule has 2 fully saturated rings. The van der Waals surface area contributed by atoms with E-state index in [-0.39, 0.29) is 23.3 Å². The quantitative estimate of drug-likeness (QED) is 0.704. The predicted molar refractivity (Wildman–Crippen MR) is 101 cm³/mol. The number of aryl methyl sites for hydroxylation is 1. The first-order valence-corrected chi connectivity index (χ1v) is 9.47. The summed E-state index contributed by atoms with van der Waals surface area (Å²) in [4.78, 5) is 36.0. The molecule has 2 aromatic rings. The van der Waals surface area contributed by atoms with Crippen LogP contribution in [0, 0.1) is 18.3 Å². The van der Waals surface area contributed by atoms with Crippen molar-refractivity contribution in [1.82, 2.24) is 24.6 Å². The third-order valence-electron chi connectivity index (χ3n) is 6.08. The summed E-state index contributed by atoms with van der Waals surface area (Å²) in [5.74, 6) is 0.766. The lowest BCUT2D eigenvalue weighted by Gasteiger charge is -2.35. The Kier molecular flexibility index (Phi) is 3.73. The maximum Gasteiger partial charge on any atom is 0.254 e. The number of nitrogens with two attached hydrogens (primary N) is 1. The van der Waals surface area contributed by atoms with Gasteiger partial charge in [0.15, 0.2) is 0 Å². The van der Waals surface area contributed by atoms with E-state index in [1.54, 1.807) is 0 Å². The Morgan fingerprint density at radius 2 is 2.25 bits per heavy atom. The van der Waals surface area contributed by atoms with Gasteiger partial charge < -0.3 is 20.3 Å². The number of hydrogen-bond donors (Lipinski definition) is 2. The van der Waals surface area contributed by atoms with Crippen molar-refractivity contribution in [3.63, 3.8) is 0 Å². The molecule has 28 heavy (non-hydrogen) atoms. The fourth-order valence-corrected chi connectivity index (χ4v) is 4.74. The van der Waals surface area contributed by atoms with E-state index in [9.17, 15) is 9.59 Å². The van der Waals surface area contributed by atoms with Crippen LogP contribution in [0.5, 0.6) is 0 Å². The SMILES string of the molecule is Cc1cc2n(n1)CCN(C(=O)[C@@]13COC[C@@H]1CN(c1cc(=O)[nH]c(N)n1)C3)C2. The first kappa shape index (κ1) is 17.2. The van der Waals surface area contributed by atoms with Crippen LogP contribution >= 0.6 is 0 Å². The number of hydrogen-bond acceptors (Lipinski definition) is 7. The second-order valence-electron chi connectivity index (χ2n) is 7.96. The molecule has 10 heteroatoms. The molecule has 3 N–H and O–H groups in total. The van der Waals surface area contributed by atoms with Crippen molar-refractivity contribution < 1.29 is 9.53 Å². The number of amides is 1. The van der Waals surface area contributed by atoms with Gasteiger partial charge >= 0.3 is 0 Å². The predicted octanol–water partition coefficient (Wildman–Crippen LogP) is -0.648. The average Bonchev–Trinajstić information content (AvgIpc) is 3.30. The van der Waals surface area contributed by atoms with Crippen LogP contribution in [0.4, 0.5) is 11.8 Å². The van der Waals surface area contributed by atoms with E-state index >= 15 is 0 Å². The zero-order chi connectivity index (χ0) is 19.5. The number of aromatic amines is 1. The minimum Gasteiger partial charge on any atom is -0.380 e. The molecular formula is C18H23N7O3. The highest BCUT2D eigenvalue weighted by Crippen LogP contribution is 2.44. The molecule has 3 aliphatic rings. The Labute approximate surface area is 161 Å². The summed E-state index contributed by atoms with van der Waals surface area (Å²) in [5, 5.41) is 4.47. The fourth-order valence-electron chi connectivity index (χ4n) is 4.74. The lowest BCUT2D eigenvalue weighted by atomic mass is 9.79. The maximum atomic E-state index is 13.6. The minimum absolute atomic E-state index is 0.0656. The first-order chi connectivity index (χ1) is 13.4. The van der Waals surface area contributed by atoms with Crippen molar-refractivity contribution in [1.29, 1.82) is 0 Å². The number of nitrogen functional groups attached to an aromatic ring is 1. The van der Waals surface area contributed by atoms with Crippen molar-refractivity contribution >= 4 is 17.7 Å². The van der Waals surface area contributed by atoms with Gasteiger partial charge in [-0.25, -0.2) is 0 Å². The third-order valence-corrected chi connectivity index (χ3v) is 6.08. The first-order valence-electron chi connectivity index (χ1n) is 9.47. The summed E-state index contributed by atoms with van der Waals surface area (Å²) in [6.07, 6.45) is 0. The standard InChI is InChI=1S/C18H23N7O3/c1-11-4-13-7-23(2-3-25(13)22-11)16(27)18-9-24(6-12(18)8-28-10-18)14-5-15(26)21-17(19)20-14/h4-5,12H,2-3,6-10H2,1H3,(H3,19,20,21,26)/t12-,18-/m0/s1. The summed E-state index contributed by atoms with van der Waals surface area (Å²) in [7, 11) is 0. The van der Waals surface area contributed by atoms with Crippen molar-refractivity contribution in [3.05, 3.63) is 33.9 Å². The van der Waals surface area contributed by atoms with Crippen LogP contribution in [-0.4, -0.2) is 63.4 Å². The molecule has 0 aliphatic carbocycles. The van der Waals surface area contributed by atoms with Crippen molar-refractivity contribution in [2.75, 3.05) is 43.5 Å². The van der Waals surface area contributed by atoms with Gasteiger partial charge in [0.25, 0.3) is 5.56 Å². The van der Waals surface area contributed by atoms with Gasteiger partial charge in [-0.2, -0.15) is 10.1 Å². The Hall–Kier alpha value is -2.88. The largest absolute Gasteiger partial charge is 0.380 e. The van der Waals surface area contributed by atoms with Crippen LogP contribution in [0.25, 0.3) is 0 Å². The number of carbonyl (C=O) groups is 1. The van der Waals surface area contributed by atoms with E-state index in [1.165, 1.54) is 6.07 Å². The molecule has 0 unspecified atom stereocenters. The van der Waals surface area contributed by atoms with Gasteiger partial charge in [0, 0.05) is 31.6 Å². The maximum absolute atomic E-state index is 13.6. The molecule has 0 bridgehead atoms. The zero-order valence-corrected chi connectivity index (χ0v) is 15.7. The number of nitrogens with zero attached hydrogens (tertiary/aromatic N) is 5. The number of anilines is 2. The second-order valence-corrected chi connectivity index (χ2v) is 7.96. The van der Waals surface area contributed by atoms with E-state index in [0.29, 0.717) is 51.8 Å². The molecule has 2 atom stereocenters. The zero-order valence-electron chi connectivity index (χ0n) is 15.7. The summed E-state index contributed by atoms with van der Waals surface area (Å²) in [6, 6.07) is 3.46. The van der Waals surface area contributed by atoms with Gasteiger partial charge in [-0.1, -0.05) is 0 Å². The smallest absolute Gasteiger partial charge is 0.254 e. The van der Waals surface area contributed by atoms with Crippen LogP contribution in [-0.2, 0) is 22.6 Å². The van der Waals surface area contributed by atoms with Gasteiger partial charge in [0.2, 0.25) is 11.9 Å². The lowest BCUT2D eigenvalue weighted by Crippen LogP contribution is -2.51. The van der Waals surface area contributed by atoms with Crippen LogP contribution in [0.15, 0.2) is 16.9 Å². The molecular weight excluding hydrogens is 362 g/mol. The minimum atomic E-state index is -0.615. The number of ether oxygens (including phenoxy) is 1. The third kappa shape index (κ3) is 2.59. The highest BCUT2D eigenvalue weighted by atomic mass is 16.5. The Balaban J connectivity index is 1.42. The molecule has 2 aromatic heterocycles. The van der Waals surface area contributed by atoms with Crippen LogP contribution < -0.4 is 16.2 Å². The average molecular weight is 385 g/mol. The fraction of sp³-hybridized carbons (Fsp3) is 0.556. The molecule has 3 aliphatic heterocycles. The van der Waals surface area contributed by atoms with E-state index in [2.05, 4.69) is 15.1 Å². The summed E-state index contributed by atoms with van der Waals surface area (Å²) in [5.41, 5.74) is 6.81. The topological polar surface area (TPSA) is 122 Å². The van der Waals surface area contributed by atoms with Crippen molar-refractivity contribution in [2.24, 2.45) is 11.3 Å². The molecule has 1 amide bonds. The van der Waals surface area contributed by atoms with Crippen LogP contribution in [0.3, 0.4) is 0 Å². The van der Waals surface area contributed by atoms with Crippen LogP contribution in [0.1, 0.15) is 11.4 Å². The summed E-state index contributed by atoms with van der Waals surface area (Å²) < 4.78 is 7.70. The van der Waals surface area contributed by atoms with E-state index in [0.717, 1.165) is 11.4 Å². The number of rotatable bonds is 2. The highest BCUT2D eigenvalue weighted by Gasteiger charge is 2.57. The Bertz CT molecular complexity index is 999. The van der Waals surface area contributed by atoms with E-state index in [1.807, 2.05) is 27.5 Å². The van der Waals surface area contributed by atoms with Gasteiger partial charge in [-0.15, -0.1) is 0 Å². The van der Waals surface area contributed by atoms with Crippen LogP contribution in [0.2, 0.25) is 0 Å². The molecule has 0 radical (unpaired) electrons. The number of fused-ring (bicyclic) bond motifs is 2. The van der Waals surface area contributed by atoms with Gasteiger partial charge in [0.1, 0.15) is 5.82 Å². The lowest BCUT2D eigenvalue weighted by molar-refractivity contribution is -0.144. The molecule has 0 aromatic carbocycles. The Morgan fingerprint density at radius 3 is 3.07 bits per heavy atom. The number of aromatic nitrogens is 4. The number of nitrogens with one attached hydrogen (secondary N) is 1. The molecule has 10 nitrogen and oxygen atoms in total. The summed E-state index contributed by atoms with van der Waals surface area (Å²) >= 11 is 0. The van der Waals surface area contributed by atoms with Gasteiger partial charge in [-0.3, -0.25) is 19.3 Å². The van der Waals surface area contributed by atoms with Gasteiger partial charge in [-0.05, 0) is 13.0 Å².